The van der Waals surface area contributed by atoms with Crippen LogP contribution in [0.4, 0.5) is 0 Å². The van der Waals surface area contributed by atoms with Crippen LogP contribution >= 0.6 is 0 Å². The Morgan fingerprint density at radius 1 is 1.33 bits per heavy atom. The van der Waals surface area contributed by atoms with Crippen molar-refractivity contribution < 1.29 is 14.3 Å². The van der Waals surface area contributed by atoms with Crippen molar-refractivity contribution in [2.24, 2.45) is 0 Å². The third kappa shape index (κ3) is 4.93. The lowest BCUT2D eigenvalue weighted by atomic mass is 10.2. The van der Waals surface area contributed by atoms with Crippen LogP contribution in [0.3, 0.4) is 0 Å². The Kier molecular flexibility index (Phi) is 5.86. The molecule has 6 heteroatoms. The summed E-state index contributed by atoms with van der Waals surface area (Å²) < 4.78 is 5.58. The van der Waals surface area contributed by atoms with Gasteiger partial charge < -0.3 is 10.1 Å². The van der Waals surface area contributed by atoms with Crippen LogP contribution < -0.4 is 10.6 Å². The first-order valence-electron chi connectivity index (χ1n) is 7.07. The number of hydrogen-bond donors (Lipinski definition) is 2. The lowest BCUT2D eigenvalue weighted by Crippen LogP contribution is -2.49. The third-order valence-corrected chi connectivity index (χ3v) is 3.31. The summed E-state index contributed by atoms with van der Waals surface area (Å²) >= 11 is 0. The van der Waals surface area contributed by atoms with Crippen molar-refractivity contribution in [3.8, 4) is 0 Å². The van der Waals surface area contributed by atoms with Crippen LogP contribution in [0.15, 0.2) is 30.3 Å². The summed E-state index contributed by atoms with van der Waals surface area (Å²) in [4.78, 5) is 25.8. The molecular formula is C15H21N3O3. The van der Waals surface area contributed by atoms with Crippen molar-refractivity contribution in [3.63, 3.8) is 0 Å². The van der Waals surface area contributed by atoms with Crippen LogP contribution in [0, 0.1) is 0 Å². The number of likely N-dealkylation sites (N-methyl/N-ethyl adjacent to an activating group) is 1. The number of morpholine rings is 1. The molecule has 0 spiro atoms. The maximum atomic E-state index is 11.9. The number of nitrogens with zero attached hydrogens (tertiary/aromatic N) is 1. The van der Waals surface area contributed by atoms with E-state index in [4.69, 9.17) is 4.74 Å². The van der Waals surface area contributed by atoms with Gasteiger partial charge in [-0.3, -0.25) is 19.8 Å². The monoisotopic (exact) mass is 291 g/mol. The second kappa shape index (κ2) is 7.87. The fourth-order valence-electron chi connectivity index (χ4n) is 2.31. The number of amides is 2. The summed E-state index contributed by atoms with van der Waals surface area (Å²) in [5.41, 5.74) is 0.487. The van der Waals surface area contributed by atoms with E-state index in [9.17, 15) is 9.59 Å². The zero-order valence-electron chi connectivity index (χ0n) is 12.2. The average molecular weight is 291 g/mol. The van der Waals surface area contributed by atoms with E-state index in [0.29, 0.717) is 25.3 Å². The molecule has 1 heterocycles. The van der Waals surface area contributed by atoms with Gasteiger partial charge >= 0.3 is 0 Å². The first-order valence-corrected chi connectivity index (χ1v) is 7.07. The van der Waals surface area contributed by atoms with Gasteiger partial charge in [-0.05, 0) is 19.2 Å². The number of carbonyl (C=O) groups excluding carboxylic acids is 2. The molecule has 1 atom stereocenters. The van der Waals surface area contributed by atoms with Gasteiger partial charge in [0, 0.05) is 25.2 Å². The predicted molar refractivity (Wildman–Crippen MR) is 79.0 cm³/mol. The first kappa shape index (κ1) is 15.6. The van der Waals surface area contributed by atoms with Gasteiger partial charge in [-0.15, -0.1) is 0 Å². The molecule has 2 amide bonds. The summed E-state index contributed by atoms with van der Waals surface area (Å²) in [6.45, 7) is 2.95. The van der Waals surface area contributed by atoms with Gasteiger partial charge in [-0.2, -0.15) is 0 Å². The average Bonchev–Trinajstić information content (AvgIpc) is 2.48. The normalized spacial score (nSPS) is 19.2. The highest BCUT2D eigenvalue weighted by Crippen LogP contribution is 2.04. The fourth-order valence-corrected chi connectivity index (χ4v) is 2.31. The van der Waals surface area contributed by atoms with Gasteiger partial charge in [0.15, 0.2) is 0 Å². The number of nitrogens with one attached hydrogen (secondary N) is 2. The quantitative estimate of drug-likeness (QED) is 0.790. The van der Waals surface area contributed by atoms with Crippen molar-refractivity contribution >= 4 is 11.8 Å². The van der Waals surface area contributed by atoms with Crippen LogP contribution in [0.25, 0.3) is 0 Å². The summed E-state index contributed by atoms with van der Waals surface area (Å²) in [7, 11) is 1.87. The van der Waals surface area contributed by atoms with E-state index in [1.807, 2.05) is 18.0 Å². The molecule has 1 aromatic carbocycles. The Labute approximate surface area is 124 Å². The Bertz CT molecular complexity index is 476. The standard InChI is InChI=1S/C15H21N3O3/c1-16-9-13-10-18(7-8-21-13)11-14(19)17-15(20)12-5-3-2-4-6-12/h2-6,13,16H,7-11H2,1H3,(H,17,19,20). The van der Waals surface area contributed by atoms with E-state index in [2.05, 4.69) is 10.6 Å². The van der Waals surface area contributed by atoms with Gasteiger partial charge in [0.1, 0.15) is 0 Å². The highest BCUT2D eigenvalue weighted by atomic mass is 16.5. The Morgan fingerprint density at radius 2 is 2.10 bits per heavy atom. The molecule has 1 saturated heterocycles. The second-order valence-electron chi connectivity index (χ2n) is 5.03. The minimum Gasteiger partial charge on any atom is -0.374 e. The molecule has 2 rings (SSSR count). The minimum atomic E-state index is -0.361. The Hall–Kier alpha value is -1.76. The van der Waals surface area contributed by atoms with Crippen LogP contribution in [0.1, 0.15) is 10.4 Å². The molecule has 2 N–H and O–H groups in total. The van der Waals surface area contributed by atoms with E-state index >= 15 is 0 Å². The lowest BCUT2D eigenvalue weighted by Gasteiger charge is -2.32. The van der Waals surface area contributed by atoms with Crippen LogP contribution in [-0.4, -0.2) is 62.7 Å². The van der Waals surface area contributed by atoms with E-state index in [1.54, 1.807) is 24.3 Å². The van der Waals surface area contributed by atoms with Gasteiger partial charge in [-0.25, -0.2) is 0 Å². The number of carbonyl (C=O) groups is 2. The smallest absolute Gasteiger partial charge is 0.257 e. The van der Waals surface area contributed by atoms with E-state index in [1.165, 1.54) is 0 Å². The molecule has 1 aliphatic rings. The maximum Gasteiger partial charge on any atom is 0.257 e. The molecular weight excluding hydrogens is 270 g/mol. The second-order valence-corrected chi connectivity index (χ2v) is 5.03. The highest BCUT2D eigenvalue weighted by Gasteiger charge is 2.22. The summed E-state index contributed by atoms with van der Waals surface area (Å²) in [6, 6.07) is 8.72. The Balaban J connectivity index is 1.80. The molecule has 0 aromatic heterocycles. The van der Waals surface area contributed by atoms with Crippen molar-refractivity contribution in [1.82, 2.24) is 15.5 Å². The van der Waals surface area contributed by atoms with Gasteiger partial charge in [0.05, 0.1) is 19.3 Å². The minimum absolute atomic E-state index is 0.0846. The van der Waals surface area contributed by atoms with Crippen molar-refractivity contribution in [1.29, 1.82) is 0 Å². The van der Waals surface area contributed by atoms with Gasteiger partial charge in [0.25, 0.3) is 5.91 Å². The number of imide groups is 1. The molecule has 1 aromatic rings. The summed E-state index contributed by atoms with van der Waals surface area (Å²) in [6.07, 6.45) is 0.0846. The van der Waals surface area contributed by atoms with Crippen molar-refractivity contribution in [3.05, 3.63) is 35.9 Å². The fraction of sp³-hybridized carbons (Fsp3) is 0.467. The van der Waals surface area contributed by atoms with Crippen LogP contribution in [-0.2, 0) is 9.53 Å². The topological polar surface area (TPSA) is 70.7 Å². The largest absolute Gasteiger partial charge is 0.374 e. The number of benzene rings is 1. The molecule has 6 nitrogen and oxygen atoms in total. The van der Waals surface area contributed by atoms with Gasteiger partial charge in [-0.1, -0.05) is 18.2 Å². The molecule has 0 aliphatic carbocycles. The van der Waals surface area contributed by atoms with E-state index < -0.39 is 0 Å². The molecule has 0 radical (unpaired) electrons. The van der Waals surface area contributed by atoms with Crippen molar-refractivity contribution in [2.75, 3.05) is 39.8 Å². The van der Waals surface area contributed by atoms with Crippen molar-refractivity contribution in [2.45, 2.75) is 6.10 Å². The highest BCUT2D eigenvalue weighted by molar-refractivity contribution is 6.05. The maximum absolute atomic E-state index is 11.9. The Morgan fingerprint density at radius 3 is 2.81 bits per heavy atom. The zero-order valence-corrected chi connectivity index (χ0v) is 12.2. The molecule has 1 unspecified atom stereocenters. The SMILES string of the molecule is CNCC1CN(CC(=O)NC(=O)c2ccccc2)CCO1. The van der Waals surface area contributed by atoms with Gasteiger partial charge in [0.2, 0.25) is 5.91 Å². The molecule has 1 fully saturated rings. The predicted octanol–water partition coefficient (Wildman–Crippen LogP) is -0.137. The summed E-state index contributed by atoms with van der Waals surface area (Å²) in [5.74, 6) is -0.644. The number of hydrogen-bond acceptors (Lipinski definition) is 5. The summed E-state index contributed by atoms with van der Waals surface area (Å²) in [5, 5.41) is 5.47. The molecule has 1 aliphatic heterocycles. The molecule has 21 heavy (non-hydrogen) atoms. The number of rotatable bonds is 5. The van der Waals surface area contributed by atoms with E-state index in [0.717, 1.165) is 6.54 Å². The van der Waals surface area contributed by atoms with Crippen LogP contribution in [0.5, 0.6) is 0 Å². The molecule has 0 bridgehead atoms. The van der Waals surface area contributed by atoms with E-state index in [-0.39, 0.29) is 24.5 Å². The molecule has 114 valence electrons. The lowest BCUT2D eigenvalue weighted by molar-refractivity contribution is -0.123. The first-order chi connectivity index (χ1) is 10.2. The zero-order chi connectivity index (χ0) is 15.1. The number of ether oxygens (including phenoxy) is 1. The third-order valence-electron chi connectivity index (χ3n) is 3.31. The van der Waals surface area contributed by atoms with Crippen LogP contribution in [0.2, 0.25) is 0 Å². The molecule has 0 saturated carbocycles.